The molecule has 3 rings (SSSR count). The summed E-state index contributed by atoms with van der Waals surface area (Å²) in [4.78, 5) is 4.35. The van der Waals surface area contributed by atoms with E-state index >= 15 is 0 Å². The molecule has 0 bridgehead atoms. The Hall–Kier alpha value is -2.28. The number of benzene rings is 2. The van der Waals surface area contributed by atoms with Crippen LogP contribution < -0.4 is 11.6 Å². The summed E-state index contributed by atoms with van der Waals surface area (Å²) in [7, 11) is 0. The van der Waals surface area contributed by atoms with E-state index in [1.165, 1.54) is 0 Å². The minimum absolute atomic E-state index is 0. The summed E-state index contributed by atoms with van der Waals surface area (Å²) in [5.41, 5.74) is 10.3. The predicted octanol–water partition coefficient (Wildman–Crippen LogP) is 2.78. The summed E-state index contributed by atoms with van der Waals surface area (Å²) >= 11 is 0. The zero-order valence-corrected chi connectivity index (χ0v) is 16.5. The van der Waals surface area contributed by atoms with Gasteiger partial charge in [0, 0.05) is 30.9 Å². The molecular formula is C22H27ClN4O. The van der Waals surface area contributed by atoms with Crippen molar-refractivity contribution < 1.29 is 5.11 Å². The van der Waals surface area contributed by atoms with E-state index < -0.39 is 6.10 Å². The molecule has 5 N–H and O–H groups in total. The minimum Gasteiger partial charge on any atom is -0.390 e. The van der Waals surface area contributed by atoms with E-state index in [9.17, 15) is 5.11 Å². The largest absolute Gasteiger partial charge is 0.390 e. The van der Waals surface area contributed by atoms with Gasteiger partial charge in [-0.15, -0.1) is 12.4 Å². The molecule has 1 heterocycles. The molecule has 0 aliphatic heterocycles. The molecule has 28 heavy (non-hydrogen) atoms. The first-order chi connectivity index (χ1) is 13.1. The number of aromatic nitrogens is 1. The Labute approximate surface area is 172 Å². The third-order valence-electron chi connectivity index (χ3n) is 4.53. The first kappa shape index (κ1) is 22.0. The molecule has 3 aromatic rings. The molecule has 148 valence electrons. The van der Waals surface area contributed by atoms with Crippen LogP contribution in [0.15, 0.2) is 79.0 Å². The summed E-state index contributed by atoms with van der Waals surface area (Å²) in [5, 5.41) is 12.0. The van der Waals surface area contributed by atoms with Gasteiger partial charge in [0.15, 0.2) is 0 Å². The van der Waals surface area contributed by atoms with Crippen molar-refractivity contribution in [3.05, 3.63) is 90.1 Å². The zero-order chi connectivity index (χ0) is 19.1. The lowest BCUT2D eigenvalue weighted by Crippen LogP contribution is -2.46. The Bertz CT molecular complexity index is 815. The molecule has 1 aromatic heterocycles. The topological polar surface area (TPSA) is 88.4 Å². The number of hydrazine groups is 1. The van der Waals surface area contributed by atoms with Gasteiger partial charge in [0.1, 0.15) is 0 Å². The van der Waals surface area contributed by atoms with E-state index in [0.29, 0.717) is 19.5 Å². The number of halogens is 1. The molecule has 0 fully saturated rings. The van der Waals surface area contributed by atoms with E-state index in [0.717, 1.165) is 22.4 Å². The van der Waals surface area contributed by atoms with E-state index in [4.69, 9.17) is 11.6 Å². The van der Waals surface area contributed by atoms with E-state index in [1.807, 2.05) is 72.8 Å². The van der Waals surface area contributed by atoms with E-state index in [-0.39, 0.29) is 18.4 Å². The minimum atomic E-state index is -0.692. The zero-order valence-electron chi connectivity index (χ0n) is 15.7. The van der Waals surface area contributed by atoms with Crippen LogP contribution in [0.4, 0.5) is 0 Å². The van der Waals surface area contributed by atoms with Gasteiger partial charge in [0.05, 0.1) is 11.8 Å². The number of aliphatic hydroxyl groups excluding tert-OH is 1. The fourth-order valence-corrected chi connectivity index (χ4v) is 3.01. The Kier molecular flexibility index (Phi) is 8.57. The van der Waals surface area contributed by atoms with E-state index in [2.05, 4.69) is 4.98 Å². The van der Waals surface area contributed by atoms with Crippen LogP contribution in [0.3, 0.4) is 0 Å². The molecule has 5 nitrogen and oxygen atoms in total. The van der Waals surface area contributed by atoms with Crippen molar-refractivity contribution in [2.45, 2.75) is 25.1 Å². The highest BCUT2D eigenvalue weighted by molar-refractivity contribution is 5.85. The van der Waals surface area contributed by atoms with E-state index in [1.54, 1.807) is 11.2 Å². The number of nitrogens with two attached hydrogens (primary N) is 2. The number of pyridine rings is 1. The van der Waals surface area contributed by atoms with Gasteiger partial charge in [-0.25, -0.2) is 5.01 Å². The van der Waals surface area contributed by atoms with Gasteiger partial charge in [-0.1, -0.05) is 60.7 Å². The Morgan fingerprint density at radius 1 is 0.893 bits per heavy atom. The molecule has 0 spiro atoms. The van der Waals surface area contributed by atoms with Gasteiger partial charge in [0.2, 0.25) is 0 Å². The molecular weight excluding hydrogens is 372 g/mol. The smallest absolute Gasteiger partial charge is 0.0835 e. The average Bonchev–Trinajstić information content (AvgIpc) is 2.70. The van der Waals surface area contributed by atoms with Crippen LogP contribution >= 0.6 is 12.4 Å². The number of nitrogens with zero attached hydrogens (tertiary/aromatic N) is 2. The predicted molar refractivity (Wildman–Crippen MR) is 116 cm³/mol. The van der Waals surface area contributed by atoms with Crippen LogP contribution in [0.5, 0.6) is 0 Å². The highest BCUT2D eigenvalue weighted by Gasteiger charge is 2.17. The lowest BCUT2D eigenvalue weighted by molar-refractivity contribution is 0.0877. The van der Waals surface area contributed by atoms with Crippen LogP contribution in [0.1, 0.15) is 11.1 Å². The second-order valence-corrected chi connectivity index (χ2v) is 6.76. The molecule has 0 radical (unpaired) electrons. The maximum Gasteiger partial charge on any atom is 0.0835 e. The lowest BCUT2D eigenvalue weighted by atomic mass is 10.0. The molecule has 0 aliphatic rings. The molecule has 0 saturated heterocycles. The fraction of sp³-hybridized carbons (Fsp3) is 0.227. The summed E-state index contributed by atoms with van der Waals surface area (Å²) in [5.74, 6) is 6.09. The van der Waals surface area contributed by atoms with Crippen molar-refractivity contribution in [2.24, 2.45) is 11.6 Å². The number of hydrogen-bond donors (Lipinski definition) is 3. The molecule has 0 amide bonds. The van der Waals surface area contributed by atoms with Crippen LogP contribution in [-0.2, 0) is 13.0 Å². The van der Waals surface area contributed by atoms with Gasteiger partial charge in [-0.3, -0.25) is 10.8 Å². The third kappa shape index (κ3) is 6.41. The highest BCUT2D eigenvalue weighted by atomic mass is 35.5. The number of aliphatic hydroxyl groups is 1. The lowest BCUT2D eigenvalue weighted by Gasteiger charge is -2.24. The fourth-order valence-electron chi connectivity index (χ4n) is 3.01. The quantitative estimate of drug-likeness (QED) is 0.401. The Balaban J connectivity index is 0.00000280. The van der Waals surface area contributed by atoms with Crippen LogP contribution in [-0.4, -0.2) is 33.8 Å². The molecule has 6 heteroatoms. The van der Waals surface area contributed by atoms with Crippen molar-refractivity contribution in [1.29, 1.82) is 0 Å². The normalized spacial score (nSPS) is 13.0. The van der Waals surface area contributed by atoms with Gasteiger partial charge < -0.3 is 10.8 Å². The number of hydrogen-bond acceptors (Lipinski definition) is 5. The van der Waals surface area contributed by atoms with Crippen LogP contribution in [0.2, 0.25) is 0 Å². The SMILES string of the molecule is Cl.N[C@@H](Cc1ccccc1)[C@@H](O)CN(N)Cc1ccc(-c2ccccn2)cc1. The third-order valence-corrected chi connectivity index (χ3v) is 4.53. The molecule has 2 aromatic carbocycles. The van der Waals surface area contributed by atoms with Crippen molar-refractivity contribution in [3.8, 4) is 11.3 Å². The second kappa shape index (κ2) is 10.9. The second-order valence-electron chi connectivity index (χ2n) is 6.76. The van der Waals surface area contributed by atoms with Crippen LogP contribution in [0, 0.1) is 0 Å². The first-order valence-electron chi connectivity index (χ1n) is 9.09. The van der Waals surface area contributed by atoms with Crippen LogP contribution in [0.25, 0.3) is 11.3 Å². The Morgan fingerprint density at radius 2 is 1.57 bits per heavy atom. The standard InChI is InChI=1S/C22H26N4O.ClH/c23-20(14-17-6-2-1-3-7-17)22(27)16-26(24)15-18-9-11-19(12-10-18)21-8-4-5-13-25-21;/h1-13,20,22,27H,14-16,23-24H2;1H/t20-,22-;/m0./s1. The van der Waals surface area contributed by atoms with Gasteiger partial charge in [-0.2, -0.15) is 0 Å². The average molecular weight is 399 g/mol. The molecule has 0 unspecified atom stereocenters. The molecule has 0 saturated carbocycles. The van der Waals surface area contributed by atoms with Crippen molar-refractivity contribution in [3.63, 3.8) is 0 Å². The molecule has 2 atom stereocenters. The summed E-state index contributed by atoms with van der Waals surface area (Å²) in [6.45, 7) is 0.855. The highest BCUT2D eigenvalue weighted by Crippen LogP contribution is 2.17. The van der Waals surface area contributed by atoms with Crippen molar-refractivity contribution >= 4 is 12.4 Å². The monoisotopic (exact) mass is 398 g/mol. The first-order valence-corrected chi connectivity index (χ1v) is 9.09. The van der Waals surface area contributed by atoms with Crippen molar-refractivity contribution in [2.75, 3.05) is 6.54 Å². The maximum atomic E-state index is 10.4. The van der Waals surface area contributed by atoms with Gasteiger partial charge in [0.25, 0.3) is 0 Å². The summed E-state index contributed by atoms with van der Waals surface area (Å²) in [6, 6.07) is 23.5. The Morgan fingerprint density at radius 3 is 2.21 bits per heavy atom. The summed E-state index contributed by atoms with van der Waals surface area (Å²) < 4.78 is 0. The van der Waals surface area contributed by atoms with Crippen molar-refractivity contribution in [1.82, 2.24) is 9.99 Å². The van der Waals surface area contributed by atoms with Gasteiger partial charge in [-0.05, 0) is 29.7 Å². The number of rotatable bonds is 8. The maximum absolute atomic E-state index is 10.4. The van der Waals surface area contributed by atoms with Gasteiger partial charge >= 0.3 is 0 Å². The molecule has 0 aliphatic carbocycles. The summed E-state index contributed by atoms with van der Waals surface area (Å²) in [6.07, 6.45) is 1.71.